The second-order valence-electron chi connectivity index (χ2n) is 5.18. The highest BCUT2D eigenvalue weighted by Gasteiger charge is 2.30. The average molecular weight is 341 g/mol. The maximum Gasteiger partial charge on any atom is 0.416 e. The van der Waals surface area contributed by atoms with E-state index in [-0.39, 0.29) is 11.4 Å². The third-order valence-corrected chi connectivity index (χ3v) is 3.52. The maximum atomic E-state index is 12.5. The predicted octanol–water partition coefficient (Wildman–Crippen LogP) is 2.78. The molecule has 6 nitrogen and oxygen atoms in total. The SMILES string of the molecule is O=C(Nc1ccc(C(F)(F)F)cc1)c1cc(N2CCOCC2)on1. The minimum Gasteiger partial charge on any atom is -0.378 e. The fraction of sp³-hybridized carbons (Fsp3) is 0.333. The van der Waals surface area contributed by atoms with Crippen LogP contribution in [0.1, 0.15) is 16.1 Å². The molecule has 1 aliphatic heterocycles. The molecule has 1 N–H and O–H groups in total. The quantitative estimate of drug-likeness (QED) is 0.930. The highest BCUT2D eigenvalue weighted by Crippen LogP contribution is 2.30. The van der Waals surface area contributed by atoms with Gasteiger partial charge in [0.2, 0.25) is 5.88 Å². The summed E-state index contributed by atoms with van der Waals surface area (Å²) in [5, 5.41) is 6.18. The number of hydrogen-bond donors (Lipinski definition) is 1. The fourth-order valence-corrected chi connectivity index (χ4v) is 2.24. The molecule has 3 rings (SSSR count). The van der Waals surface area contributed by atoms with E-state index in [4.69, 9.17) is 9.26 Å². The van der Waals surface area contributed by atoms with Crippen LogP contribution in [0, 0.1) is 0 Å². The second-order valence-corrected chi connectivity index (χ2v) is 5.18. The summed E-state index contributed by atoms with van der Waals surface area (Å²) >= 11 is 0. The molecule has 2 heterocycles. The van der Waals surface area contributed by atoms with E-state index in [0.29, 0.717) is 32.2 Å². The molecule has 1 aromatic heterocycles. The zero-order valence-corrected chi connectivity index (χ0v) is 12.5. The predicted molar refractivity (Wildman–Crippen MR) is 78.9 cm³/mol. The number of aromatic nitrogens is 1. The van der Waals surface area contributed by atoms with Crippen molar-refractivity contribution in [1.82, 2.24) is 5.16 Å². The summed E-state index contributed by atoms with van der Waals surface area (Å²) in [4.78, 5) is 14.0. The van der Waals surface area contributed by atoms with Crippen LogP contribution < -0.4 is 10.2 Å². The number of nitrogens with one attached hydrogen (secondary N) is 1. The smallest absolute Gasteiger partial charge is 0.378 e. The Morgan fingerprint density at radius 2 is 1.83 bits per heavy atom. The number of hydrogen-bond acceptors (Lipinski definition) is 5. The molecule has 0 saturated carbocycles. The van der Waals surface area contributed by atoms with Gasteiger partial charge >= 0.3 is 6.18 Å². The Kier molecular flexibility index (Phi) is 4.43. The van der Waals surface area contributed by atoms with Crippen LogP contribution in [0.4, 0.5) is 24.7 Å². The third-order valence-electron chi connectivity index (χ3n) is 3.52. The van der Waals surface area contributed by atoms with Gasteiger partial charge in [0.1, 0.15) is 0 Å². The highest BCUT2D eigenvalue weighted by atomic mass is 19.4. The van der Waals surface area contributed by atoms with Crippen LogP contribution in [0.15, 0.2) is 34.9 Å². The Labute approximate surface area is 135 Å². The van der Waals surface area contributed by atoms with E-state index in [2.05, 4.69) is 10.5 Å². The number of halogens is 3. The van der Waals surface area contributed by atoms with Crippen LogP contribution in [0.5, 0.6) is 0 Å². The summed E-state index contributed by atoms with van der Waals surface area (Å²) in [6.45, 7) is 2.39. The van der Waals surface area contributed by atoms with Crippen LogP contribution in [0.3, 0.4) is 0 Å². The van der Waals surface area contributed by atoms with Gasteiger partial charge in [0.15, 0.2) is 5.69 Å². The van der Waals surface area contributed by atoms with Gasteiger partial charge in [-0.25, -0.2) is 0 Å². The topological polar surface area (TPSA) is 67.6 Å². The van der Waals surface area contributed by atoms with Gasteiger partial charge < -0.3 is 19.5 Å². The van der Waals surface area contributed by atoms with E-state index in [1.807, 2.05) is 4.90 Å². The maximum absolute atomic E-state index is 12.5. The average Bonchev–Trinajstić information content (AvgIpc) is 3.05. The molecule has 1 saturated heterocycles. The lowest BCUT2D eigenvalue weighted by Crippen LogP contribution is -2.35. The van der Waals surface area contributed by atoms with Crippen molar-refractivity contribution in [3.63, 3.8) is 0 Å². The molecular weight excluding hydrogens is 327 g/mol. The molecule has 0 radical (unpaired) electrons. The van der Waals surface area contributed by atoms with Crippen molar-refractivity contribution in [2.45, 2.75) is 6.18 Å². The molecule has 1 fully saturated rings. The molecule has 128 valence electrons. The van der Waals surface area contributed by atoms with Crippen molar-refractivity contribution in [3.8, 4) is 0 Å². The third kappa shape index (κ3) is 3.67. The number of morpholine rings is 1. The number of benzene rings is 1. The summed E-state index contributed by atoms with van der Waals surface area (Å²) in [6, 6.07) is 5.66. The van der Waals surface area contributed by atoms with E-state index in [9.17, 15) is 18.0 Å². The summed E-state index contributed by atoms with van der Waals surface area (Å²) in [5.74, 6) is -0.103. The minimum atomic E-state index is -4.41. The number of rotatable bonds is 3. The molecule has 2 aromatic rings. The van der Waals surface area contributed by atoms with Crippen LogP contribution in [0.25, 0.3) is 0 Å². The molecule has 0 atom stereocenters. The lowest BCUT2D eigenvalue weighted by molar-refractivity contribution is -0.137. The van der Waals surface area contributed by atoms with E-state index in [0.717, 1.165) is 12.1 Å². The summed E-state index contributed by atoms with van der Waals surface area (Å²) in [7, 11) is 0. The van der Waals surface area contributed by atoms with Gasteiger partial charge in [0.25, 0.3) is 5.91 Å². The Bertz CT molecular complexity index is 707. The normalized spacial score (nSPS) is 15.4. The molecule has 1 aliphatic rings. The van der Waals surface area contributed by atoms with Crippen LogP contribution in [0.2, 0.25) is 0 Å². The van der Waals surface area contributed by atoms with Gasteiger partial charge in [0.05, 0.1) is 18.8 Å². The Hall–Kier alpha value is -2.55. The standard InChI is InChI=1S/C15H14F3N3O3/c16-15(17,18)10-1-3-11(4-2-10)19-14(22)12-9-13(24-20-12)21-5-7-23-8-6-21/h1-4,9H,5-8H2,(H,19,22). The van der Waals surface area contributed by atoms with Gasteiger partial charge in [-0.3, -0.25) is 4.79 Å². The summed E-state index contributed by atoms with van der Waals surface area (Å²) in [6.07, 6.45) is -4.41. The zero-order chi connectivity index (χ0) is 17.2. The number of amides is 1. The van der Waals surface area contributed by atoms with Crippen molar-refractivity contribution in [2.75, 3.05) is 36.5 Å². The van der Waals surface area contributed by atoms with Crippen molar-refractivity contribution >= 4 is 17.5 Å². The van der Waals surface area contributed by atoms with Gasteiger partial charge in [-0.1, -0.05) is 5.16 Å². The number of ether oxygens (including phenoxy) is 1. The van der Waals surface area contributed by atoms with E-state index >= 15 is 0 Å². The molecule has 24 heavy (non-hydrogen) atoms. The molecule has 0 spiro atoms. The Morgan fingerprint density at radius 1 is 1.17 bits per heavy atom. The van der Waals surface area contributed by atoms with E-state index < -0.39 is 17.6 Å². The first-order chi connectivity index (χ1) is 11.4. The lowest BCUT2D eigenvalue weighted by Gasteiger charge is -2.25. The first kappa shape index (κ1) is 16.3. The molecule has 0 aliphatic carbocycles. The first-order valence-electron chi connectivity index (χ1n) is 7.21. The number of carbonyl (C=O) groups is 1. The monoisotopic (exact) mass is 341 g/mol. The molecular formula is C15H14F3N3O3. The second kappa shape index (κ2) is 6.52. The van der Waals surface area contributed by atoms with Crippen LogP contribution in [-0.4, -0.2) is 37.4 Å². The number of anilines is 2. The minimum absolute atomic E-state index is 0.0522. The van der Waals surface area contributed by atoms with Crippen LogP contribution >= 0.6 is 0 Å². The van der Waals surface area contributed by atoms with E-state index in [1.165, 1.54) is 18.2 Å². The Morgan fingerprint density at radius 3 is 2.46 bits per heavy atom. The van der Waals surface area contributed by atoms with Crippen LogP contribution in [-0.2, 0) is 10.9 Å². The summed E-state index contributed by atoms with van der Waals surface area (Å²) in [5.41, 5.74) is -0.489. The zero-order valence-electron chi connectivity index (χ0n) is 12.5. The van der Waals surface area contributed by atoms with E-state index in [1.54, 1.807) is 0 Å². The van der Waals surface area contributed by atoms with Gasteiger partial charge in [-0.05, 0) is 24.3 Å². The molecule has 1 aromatic carbocycles. The van der Waals surface area contributed by atoms with Gasteiger partial charge in [0, 0.05) is 24.8 Å². The van der Waals surface area contributed by atoms with Crippen molar-refractivity contribution in [3.05, 3.63) is 41.6 Å². The largest absolute Gasteiger partial charge is 0.416 e. The molecule has 0 bridgehead atoms. The first-order valence-corrected chi connectivity index (χ1v) is 7.21. The number of alkyl halides is 3. The Balaban J connectivity index is 1.65. The number of carbonyl (C=O) groups excluding carboxylic acids is 1. The molecule has 0 unspecified atom stereocenters. The summed E-state index contributed by atoms with van der Waals surface area (Å²) < 4.78 is 47.9. The van der Waals surface area contributed by atoms with Gasteiger partial charge in [-0.15, -0.1) is 0 Å². The van der Waals surface area contributed by atoms with Crippen molar-refractivity contribution in [1.29, 1.82) is 0 Å². The van der Waals surface area contributed by atoms with Crippen molar-refractivity contribution in [2.24, 2.45) is 0 Å². The lowest BCUT2D eigenvalue weighted by atomic mass is 10.2. The fourth-order valence-electron chi connectivity index (χ4n) is 2.24. The highest BCUT2D eigenvalue weighted by molar-refractivity contribution is 6.03. The number of nitrogens with zero attached hydrogens (tertiary/aromatic N) is 2. The molecule has 1 amide bonds. The van der Waals surface area contributed by atoms with Crippen molar-refractivity contribution < 1.29 is 27.2 Å². The van der Waals surface area contributed by atoms with Gasteiger partial charge in [-0.2, -0.15) is 13.2 Å². The molecule has 9 heteroatoms.